The van der Waals surface area contributed by atoms with Crippen molar-refractivity contribution < 1.29 is 9.59 Å². The Hall–Kier alpha value is -2.52. The number of aromatic amines is 1. The van der Waals surface area contributed by atoms with Gasteiger partial charge in [0.1, 0.15) is 5.25 Å². The van der Waals surface area contributed by atoms with Crippen LogP contribution in [0.3, 0.4) is 0 Å². The van der Waals surface area contributed by atoms with Crippen LogP contribution in [0, 0.1) is 0 Å². The Bertz CT molecular complexity index is 961. The van der Waals surface area contributed by atoms with Crippen LogP contribution in [0.25, 0.3) is 11.4 Å². The topological polar surface area (TPSA) is 91.8 Å². The smallest absolute Gasteiger partial charge is 0.247 e. The molecule has 1 N–H and O–H groups in total. The number of H-pyrrole nitrogens is 1. The highest BCUT2D eigenvalue weighted by Crippen LogP contribution is 2.33. The van der Waals surface area contributed by atoms with Crippen molar-refractivity contribution in [2.45, 2.75) is 16.8 Å². The first-order valence-corrected chi connectivity index (χ1v) is 9.41. The highest BCUT2D eigenvalue weighted by molar-refractivity contribution is 9.10. The summed E-state index contributed by atoms with van der Waals surface area (Å²) in [6, 6.07) is 10.7. The second-order valence-corrected chi connectivity index (χ2v) is 7.64. The molecule has 3 aromatic rings. The molecule has 9 heteroatoms. The lowest BCUT2D eigenvalue weighted by Crippen LogP contribution is -2.31. The average molecular weight is 430 g/mol. The van der Waals surface area contributed by atoms with E-state index < -0.39 is 5.25 Å². The normalized spacial score (nSPS) is 17.1. The number of imide groups is 1. The standard InChI is InChI=1S/C17H12BrN5O2S/c18-11-1-3-12(4-2-11)23-14(24)9-13(16(23)25)26-17-20-15(21-22-17)10-5-7-19-8-6-10/h1-8,13H,9H2,(H,20,21,22)/t13-/m1/s1. The van der Waals surface area contributed by atoms with Gasteiger partial charge in [-0.15, -0.1) is 5.10 Å². The van der Waals surface area contributed by atoms with Crippen LogP contribution in [0.15, 0.2) is 58.4 Å². The van der Waals surface area contributed by atoms with E-state index in [2.05, 4.69) is 36.1 Å². The Labute approximate surface area is 161 Å². The first kappa shape index (κ1) is 16.9. The van der Waals surface area contributed by atoms with Crippen molar-refractivity contribution in [3.63, 3.8) is 0 Å². The van der Waals surface area contributed by atoms with Gasteiger partial charge in [-0.05, 0) is 36.4 Å². The molecule has 1 aromatic carbocycles. The first-order chi connectivity index (χ1) is 12.6. The minimum Gasteiger partial charge on any atom is -0.274 e. The third-order valence-corrected chi connectivity index (χ3v) is 5.43. The van der Waals surface area contributed by atoms with Gasteiger partial charge in [0, 0.05) is 28.9 Å². The highest BCUT2D eigenvalue weighted by Gasteiger charge is 2.40. The number of carbonyl (C=O) groups excluding carboxylic acids is 2. The number of anilines is 1. The van der Waals surface area contributed by atoms with Gasteiger partial charge in [-0.25, -0.2) is 9.88 Å². The van der Waals surface area contributed by atoms with Crippen LogP contribution in [0.1, 0.15) is 6.42 Å². The Morgan fingerprint density at radius 3 is 2.58 bits per heavy atom. The molecule has 3 heterocycles. The summed E-state index contributed by atoms with van der Waals surface area (Å²) in [6.07, 6.45) is 3.46. The van der Waals surface area contributed by atoms with E-state index in [9.17, 15) is 9.59 Å². The van der Waals surface area contributed by atoms with Crippen LogP contribution >= 0.6 is 27.7 Å². The Morgan fingerprint density at radius 1 is 1.12 bits per heavy atom. The molecule has 1 aliphatic heterocycles. The van der Waals surface area contributed by atoms with Gasteiger partial charge in [0.05, 0.1) is 5.69 Å². The number of benzene rings is 1. The van der Waals surface area contributed by atoms with Gasteiger partial charge in [-0.1, -0.05) is 27.7 Å². The van der Waals surface area contributed by atoms with Crippen molar-refractivity contribution in [1.29, 1.82) is 0 Å². The molecule has 1 saturated heterocycles. The summed E-state index contributed by atoms with van der Waals surface area (Å²) in [6.45, 7) is 0. The van der Waals surface area contributed by atoms with E-state index in [1.54, 1.807) is 36.7 Å². The van der Waals surface area contributed by atoms with E-state index in [4.69, 9.17) is 0 Å². The van der Waals surface area contributed by atoms with E-state index in [1.165, 1.54) is 16.7 Å². The van der Waals surface area contributed by atoms with Gasteiger partial charge in [-0.2, -0.15) is 0 Å². The largest absolute Gasteiger partial charge is 0.274 e. The summed E-state index contributed by atoms with van der Waals surface area (Å²) in [5, 5.41) is 6.89. The number of pyridine rings is 1. The van der Waals surface area contributed by atoms with Crippen molar-refractivity contribution in [1.82, 2.24) is 20.2 Å². The van der Waals surface area contributed by atoms with Gasteiger partial charge in [0.15, 0.2) is 5.82 Å². The van der Waals surface area contributed by atoms with Gasteiger partial charge < -0.3 is 0 Å². The number of nitrogens with zero attached hydrogens (tertiary/aromatic N) is 4. The molecule has 0 unspecified atom stereocenters. The zero-order valence-electron chi connectivity index (χ0n) is 13.3. The number of aromatic nitrogens is 4. The van der Waals surface area contributed by atoms with E-state index in [0.29, 0.717) is 16.7 Å². The number of halogens is 1. The molecule has 1 fully saturated rings. The quantitative estimate of drug-likeness (QED) is 0.640. The highest BCUT2D eigenvalue weighted by atomic mass is 79.9. The Morgan fingerprint density at radius 2 is 1.85 bits per heavy atom. The number of rotatable bonds is 4. The maximum Gasteiger partial charge on any atom is 0.247 e. The molecule has 0 bridgehead atoms. The van der Waals surface area contributed by atoms with Crippen molar-refractivity contribution in [2.24, 2.45) is 0 Å². The van der Waals surface area contributed by atoms with Crippen LogP contribution in [0.2, 0.25) is 0 Å². The van der Waals surface area contributed by atoms with Gasteiger partial charge >= 0.3 is 0 Å². The maximum atomic E-state index is 12.7. The number of hydrogen-bond acceptors (Lipinski definition) is 6. The number of amides is 2. The molecule has 2 amide bonds. The molecule has 26 heavy (non-hydrogen) atoms. The average Bonchev–Trinajstić information content (AvgIpc) is 3.22. The third kappa shape index (κ3) is 3.27. The molecule has 0 aliphatic carbocycles. The van der Waals surface area contributed by atoms with Crippen LogP contribution in [0.5, 0.6) is 0 Å². The van der Waals surface area contributed by atoms with Gasteiger partial charge in [-0.3, -0.25) is 19.7 Å². The monoisotopic (exact) mass is 429 g/mol. The second kappa shape index (κ2) is 7.00. The zero-order valence-corrected chi connectivity index (χ0v) is 15.7. The van der Waals surface area contributed by atoms with E-state index >= 15 is 0 Å². The molecule has 0 spiro atoms. The van der Waals surface area contributed by atoms with Crippen LogP contribution < -0.4 is 4.90 Å². The second-order valence-electron chi connectivity index (χ2n) is 5.56. The molecule has 4 rings (SSSR count). The van der Waals surface area contributed by atoms with Crippen molar-refractivity contribution in [3.8, 4) is 11.4 Å². The van der Waals surface area contributed by atoms with Crippen LogP contribution in [0.4, 0.5) is 5.69 Å². The molecule has 1 aliphatic rings. The lowest BCUT2D eigenvalue weighted by atomic mass is 10.3. The first-order valence-electron chi connectivity index (χ1n) is 7.73. The fourth-order valence-electron chi connectivity index (χ4n) is 2.62. The maximum absolute atomic E-state index is 12.7. The lowest BCUT2D eigenvalue weighted by molar-refractivity contribution is -0.121. The van der Waals surface area contributed by atoms with E-state index in [-0.39, 0.29) is 18.2 Å². The zero-order chi connectivity index (χ0) is 18.1. The summed E-state index contributed by atoms with van der Waals surface area (Å²) >= 11 is 4.54. The van der Waals surface area contributed by atoms with Crippen LogP contribution in [-0.4, -0.2) is 37.2 Å². The van der Waals surface area contributed by atoms with E-state index in [1.807, 2.05) is 12.1 Å². The number of hydrogen-bond donors (Lipinski definition) is 1. The molecular weight excluding hydrogens is 418 g/mol. The molecule has 0 radical (unpaired) electrons. The van der Waals surface area contributed by atoms with Crippen LogP contribution in [-0.2, 0) is 9.59 Å². The Balaban J connectivity index is 1.51. The fourth-order valence-corrected chi connectivity index (χ4v) is 3.82. The van der Waals surface area contributed by atoms with Gasteiger partial charge in [0.25, 0.3) is 0 Å². The SMILES string of the molecule is O=C1C[C@@H](Sc2n[nH]c(-c3ccncc3)n2)C(=O)N1c1ccc(Br)cc1. The van der Waals surface area contributed by atoms with Crippen molar-refractivity contribution in [2.75, 3.05) is 4.90 Å². The predicted octanol–water partition coefficient (Wildman–Crippen LogP) is 3.05. The lowest BCUT2D eigenvalue weighted by Gasteiger charge is -2.14. The minimum absolute atomic E-state index is 0.124. The third-order valence-electron chi connectivity index (χ3n) is 3.86. The predicted molar refractivity (Wildman–Crippen MR) is 101 cm³/mol. The summed E-state index contributed by atoms with van der Waals surface area (Å²) in [4.78, 5) is 34.6. The summed E-state index contributed by atoms with van der Waals surface area (Å²) < 4.78 is 0.885. The number of thioether (sulfide) groups is 1. The molecular formula is C17H12BrN5O2S. The molecule has 2 aromatic heterocycles. The summed E-state index contributed by atoms with van der Waals surface area (Å²) in [7, 11) is 0. The summed E-state index contributed by atoms with van der Waals surface area (Å²) in [5.74, 6) is 0.119. The minimum atomic E-state index is -0.535. The Kier molecular flexibility index (Phi) is 4.56. The van der Waals surface area contributed by atoms with Gasteiger partial charge in [0.2, 0.25) is 17.0 Å². The van der Waals surface area contributed by atoms with E-state index in [0.717, 1.165) is 10.0 Å². The van der Waals surface area contributed by atoms with Crippen molar-refractivity contribution >= 4 is 45.2 Å². The number of carbonyl (C=O) groups is 2. The summed E-state index contributed by atoms with van der Waals surface area (Å²) in [5.41, 5.74) is 1.42. The molecule has 130 valence electrons. The molecule has 0 saturated carbocycles. The number of nitrogens with one attached hydrogen (secondary N) is 1. The molecule has 7 nitrogen and oxygen atoms in total. The van der Waals surface area contributed by atoms with Crippen molar-refractivity contribution in [3.05, 3.63) is 53.3 Å². The molecule has 1 atom stereocenters. The fraction of sp³-hybridized carbons (Fsp3) is 0.118.